The van der Waals surface area contributed by atoms with Crippen LogP contribution >= 0.6 is 0 Å². The average Bonchev–Trinajstić information content (AvgIpc) is 3.10. The molecule has 1 aromatic heterocycles. The molecule has 28 heavy (non-hydrogen) atoms. The minimum absolute atomic E-state index is 0.0367. The molecule has 0 saturated heterocycles. The topological polar surface area (TPSA) is 60.7 Å². The van der Waals surface area contributed by atoms with Gasteiger partial charge in [-0.05, 0) is 42.3 Å². The van der Waals surface area contributed by atoms with E-state index in [1.54, 1.807) is 0 Å². The van der Waals surface area contributed by atoms with E-state index in [4.69, 9.17) is 13.9 Å². The number of rotatable bonds is 4. The molecule has 1 N–H and O–H groups in total. The zero-order valence-corrected chi connectivity index (χ0v) is 15.2. The molecule has 1 aliphatic rings. The van der Waals surface area contributed by atoms with Crippen LogP contribution in [0.4, 0.5) is 5.69 Å². The molecule has 5 nitrogen and oxygen atoms in total. The summed E-state index contributed by atoms with van der Waals surface area (Å²) in [7, 11) is 0. The summed E-state index contributed by atoms with van der Waals surface area (Å²) >= 11 is 0. The molecule has 5 rings (SSSR count). The summed E-state index contributed by atoms with van der Waals surface area (Å²) in [6.45, 7) is 1.13. The van der Waals surface area contributed by atoms with Crippen LogP contribution in [0.3, 0.4) is 0 Å². The van der Waals surface area contributed by atoms with Crippen LogP contribution < -0.4 is 14.8 Å². The first-order valence-electron chi connectivity index (χ1n) is 9.36. The lowest BCUT2D eigenvalue weighted by Gasteiger charge is -2.18. The summed E-state index contributed by atoms with van der Waals surface area (Å²) in [6.07, 6.45) is 1.02. The zero-order valence-electron chi connectivity index (χ0n) is 15.2. The number of hydrogen-bond acceptors (Lipinski definition) is 4. The van der Waals surface area contributed by atoms with E-state index >= 15 is 0 Å². The molecule has 0 atom stereocenters. The Morgan fingerprint density at radius 3 is 2.61 bits per heavy atom. The van der Waals surface area contributed by atoms with Gasteiger partial charge in [0, 0.05) is 28.9 Å². The maximum Gasteiger partial charge on any atom is 0.224 e. The van der Waals surface area contributed by atoms with Crippen molar-refractivity contribution in [1.82, 2.24) is 0 Å². The van der Waals surface area contributed by atoms with Crippen LogP contribution in [0.5, 0.6) is 11.5 Å². The maximum absolute atomic E-state index is 12.4. The molecule has 0 aliphatic carbocycles. The minimum atomic E-state index is -0.0367. The Balaban J connectivity index is 1.27. The molecular weight excluding hydrogens is 354 g/mol. The van der Waals surface area contributed by atoms with Gasteiger partial charge in [0.2, 0.25) is 5.91 Å². The molecule has 0 radical (unpaired) electrons. The smallest absolute Gasteiger partial charge is 0.224 e. The predicted molar refractivity (Wildman–Crippen MR) is 108 cm³/mol. The van der Waals surface area contributed by atoms with Gasteiger partial charge in [0.1, 0.15) is 24.4 Å². The number of aryl methyl sites for hydroxylation is 1. The van der Waals surface area contributed by atoms with Crippen LogP contribution in [-0.2, 0) is 11.2 Å². The monoisotopic (exact) mass is 373 g/mol. The van der Waals surface area contributed by atoms with Crippen LogP contribution in [0.1, 0.15) is 12.0 Å². The number of furan rings is 1. The number of benzene rings is 3. The second kappa shape index (κ2) is 6.93. The first kappa shape index (κ1) is 16.7. The third-order valence-corrected chi connectivity index (χ3v) is 4.91. The molecule has 2 heterocycles. The fourth-order valence-corrected chi connectivity index (χ4v) is 3.53. The number of anilines is 1. The molecule has 0 unspecified atom stereocenters. The van der Waals surface area contributed by atoms with Gasteiger partial charge < -0.3 is 19.2 Å². The largest absolute Gasteiger partial charge is 0.486 e. The van der Waals surface area contributed by atoms with E-state index < -0.39 is 0 Å². The summed E-state index contributed by atoms with van der Waals surface area (Å²) < 4.78 is 17.0. The predicted octanol–water partition coefficient (Wildman–Crippen LogP) is 4.93. The number of carbonyl (C=O) groups excluding carboxylic acids is 1. The van der Waals surface area contributed by atoms with Crippen molar-refractivity contribution in [2.45, 2.75) is 12.8 Å². The summed E-state index contributed by atoms with van der Waals surface area (Å²) in [5, 5.41) is 5.08. The zero-order chi connectivity index (χ0) is 18.9. The first-order valence-corrected chi connectivity index (χ1v) is 9.36. The van der Waals surface area contributed by atoms with Gasteiger partial charge in [0.25, 0.3) is 0 Å². The van der Waals surface area contributed by atoms with E-state index in [2.05, 4.69) is 5.32 Å². The number of hydrogen-bond donors (Lipinski definition) is 1. The molecule has 5 heteroatoms. The summed E-state index contributed by atoms with van der Waals surface area (Å²) in [5.74, 6) is 1.48. The molecule has 0 bridgehead atoms. The Hall–Kier alpha value is -3.47. The normalized spacial score (nSPS) is 13.0. The quantitative estimate of drug-likeness (QED) is 0.551. The lowest BCUT2D eigenvalue weighted by Crippen LogP contribution is -2.15. The molecule has 4 aromatic rings. The van der Waals surface area contributed by atoms with Crippen molar-refractivity contribution in [3.63, 3.8) is 0 Å². The van der Waals surface area contributed by atoms with Gasteiger partial charge in [-0.3, -0.25) is 4.79 Å². The lowest BCUT2D eigenvalue weighted by atomic mass is 10.1. The summed E-state index contributed by atoms with van der Waals surface area (Å²) in [6, 6.07) is 19.5. The minimum Gasteiger partial charge on any atom is -0.486 e. The van der Waals surface area contributed by atoms with Crippen molar-refractivity contribution in [2.75, 3.05) is 18.5 Å². The van der Waals surface area contributed by atoms with Gasteiger partial charge in [0.15, 0.2) is 11.5 Å². The Kier molecular flexibility index (Phi) is 4.13. The molecule has 0 fully saturated rings. The highest BCUT2D eigenvalue weighted by Crippen LogP contribution is 2.32. The Morgan fingerprint density at radius 1 is 0.857 bits per heavy atom. The van der Waals surface area contributed by atoms with E-state index in [0.717, 1.165) is 44.7 Å². The Morgan fingerprint density at radius 2 is 1.68 bits per heavy atom. The SMILES string of the molecule is O=C(CCc1ccc2c(c1)OCCO2)Nc1ccc2c(c1)oc1ccccc12. The highest BCUT2D eigenvalue weighted by atomic mass is 16.6. The van der Waals surface area contributed by atoms with E-state index in [-0.39, 0.29) is 5.91 Å². The van der Waals surface area contributed by atoms with Crippen LogP contribution in [0, 0.1) is 0 Å². The number of ether oxygens (including phenoxy) is 2. The molecule has 0 saturated carbocycles. The second-order valence-corrected chi connectivity index (χ2v) is 6.84. The molecule has 1 amide bonds. The van der Waals surface area contributed by atoms with Crippen molar-refractivity contribution in [1.29, 1.82) is 0 Å². The van der Waals surface area contributed by atoms with Gasteiger partial charge in [-0.2, -0.15) is 0 Å². The van der Waals surface area contributed by atoms with Crippen molar-refractivity contribution in [2.24, 2.45) is 0 Å². The molecular formula is C23H19NO4. The third kappa shape index (κ3) is 3.16. The summed E-state index contributed by atoms with van der Waals surface area (Å²) in [5.41, 5.74) is 3.40. The average molecular weight is 373 g/mol. The fraction of sp³-hybridized carbons (Fsp3) is 0.174. The molecule has 1 aliphatic heterocycles. The number of carbonyl (C=O) groups is 1. The fourth-order valence-electron chi connectivity index (χ4n) is 3.53. The van der Waals surface area contributed by atoms with Gasteiger partial charge in [0.05, 0.1) is 0 Å². The van der Waals surface area contributed by atoms with Crippen molar-refractivity contribution >= 4 is 33.5 Å². The van der Waals surface area contributed by atoms with Crippen molar-refractivity contribution < 1.29 is 18.7 Å². The Labute approximate surface area is 161 Å². The Bertz CT molecular complexity index is 1180. The standard InChI is InChI=1S/C23H19NO4/c25-23(10-6-15-5-9-20-22(13-15)27-12-11-26-20)24-16-7-8-18-17-3-1-2-4-19(17)28-21(18)14-16/h1-5,7-9,13-14H,6,10-12H2,(H,24,25). The van der Waals surface area contributed by atoms with Crippen LogP contribution in [0.15, 0.2) is 65.1 Å². The number of fused-ring (bicyclic) bond motifs is 4. The van der Waals surface area contributed by atoms with Crippen LogP contribution in [0.2, 0.25) is 0 Å². The van der Waals surface area contributed by atoms with Crippen LogP contribution in [0.25, 0.3) is 21.9 Å². The lowest BCUT2D eigenvalue weighted by molar-refractivity contribution is -0.116. The summed E-state index contributed by atoms with van der Waals surface area (Å²) in [4.78, 5) is 12.4. The van der Waals surface area contributed by atoms with E-state index in [1.807, 2.05) is 60.7 Å². The maximum atomic E-state index is 12.4. The van der Waals surface area contributed by atoms with E-state index in [9.17, 15) is 4.79 Å². The van der Waals surface area contributed by atoms with Gasteiger partial charge in [-0.25, -0.2) is 0 Å². The van der Waals surface area contributed by atoms with Gasteiger partial charge in [-0.15, -0.1) is 0 Å². The number of para-hydroxylation sites is 1. The molecule has 0 spiro atoms. The van der Waals surface area contributed by atoms with E-state index in [0.29, 0.717) is 26.1 Å². The first-order chi connectivity index (χ1) is 13.8. The van der Waals surface area contributed by atoms with Gasteiger partial charge >= 0.3 is 0 Å². The number of nitrogens with one attached hydrogen (secondary N) is 1. The van der Waals surface area contributed by atoms with Crippen LogP contribution in [-0.4, -0.2) is 19.1 Å². The van der Waals surface area contributed by atoms with Crippen molar-refractivity contribution in [3.8, 4) is 11.5 Å². The molecule has 3 aromatic carbocycles. The van der Waals surface area contributed by atoms with E-state index in [1.165, 1.54) is 0 Å². The number of amides is 1. The molecule has 140 valence electrons. The second-order valence-electron chi connectivity index (χ2n) is 6.84. The van der Waals surface area contributed by atoms with Crippen molar-refractivity contribution in [3.05, 3.63) is 66.2 Å². The highest BCUT2D eigenvalue weighted by molar-refractivity contribution is 6.06. The third-order valence-electron chi connectivity index (χ3n) is 4.91. The highest BCUT2D eigenvalue weighted by Gasteiger charge is 2.13. The van der Waals surface area contributed by atoms with Gasteiger partial charge in [-0.1, -0.05) is 24.3 Å².